The second-order valence-corrected chi connectivity index (χ2v) is 8.04. The van der Waals surface area contributed by atoms with E-state index in [0.29, 0.717) is 11.3 Å². The van der Waals surface area contributed by atoms with Gasteiger partial charge in [-0.25, -0.2) is 9.18 Å². The Balaban J connectivity index is 0.00000225. The SMILES string of the molecule is CC1(C)O[B-]2(OC(=O)N(c3ccccc3)C2c2ccc(F)cc2)OC1(C)C.[Li+]. The van der Waals surface area contributed by atoms with Gasteiger partial charge in [0.1, 0.15) is 5.82 Å². The van der Waals surface area contributed by atoms with Crippen LogP contribution in [-0.2, 0) is 14.0 Å². The molecular weight excluding hydrogens is 355 g/mol. The fraction of sp³-hybridized carbons (Fsp3) is 0.350. The van der Waals surface area contributed by atoms with Crippen molar-refractivity contribution in [3.05, 3.63) is 66.0 Å². The number of benzene rings is 2. The van der Waals surface area contributed by atoms with Gasteiger partial charge in [0.2, 0.25) is 0 Å². The van der Waals surface area contributed by atoms with Crippen molar-refractivity contribution in [2.75, 3.05) is 4.90 Å². The molecule has 0 radical (unpaired) electrons. The number of hydrogen-bond acceptors (Lipinski definition) is 4. The van der Waals surface area contributed by atoms with Gasteiger partial charge in [-0.15, -0.1) is 0 Å². The van der Waals surface area contributed by atoms with E-state index in [1.165, 1.54) is 17.0 Å². The molecule has 2 heterocycles. The van der Waals surface area contributed by atoms with Crippen LogP contribution in [0.25, 0.3) is 0 Å². The van der Waals surface area contributed by atoms with Crippen LogP contribution in [0.5, 0.6) is 0 Å². The van der Waals surface area contributed by atoms with Crippen molar-refractivity contribution in [3.63, 3.8) is 0 Å². The number of anilines is 1. The summed E-state index contributed by atoms with van der Waals surface area (Å²) in [6, 6.07) is 15.2. The first-order valence-electron chi connectivity index (χ1n) is 9.02. The summed E-state index contributed by atoms with van der Waals surface area (Å²) >= 11 is 0. The molecular formula is C20H22BFLiNO4. The zero-order chi connectivity index (χ0) is 19.4. The second-order valence-electron chi connectivity index (χ2n) is 8.04. The van der Waals surface area contributed by atoms with Crippen LogP contribution in [0.15, 0.2) is 54.6 Å². The van der Waals surface area contributed by atoms with Crippen LogP contribution in [0, 0.1) is 5.82 Å². The van der Waals surface area contributed by atoms with Crippen molar-refractivity contribution in [3.8, 4) is 0 Å². The molecule has 2 fully saturated rings. The van der Waals surface area contributed by atoms with Gasteiger partial charge >= 0.3 is 31.7 Å². The van der Waals surface area contributed by atoms with Gasteiger partial charge in [-0.3, -0.25) is 0 Å². The zero-order valence-corrected chi connectivity index (χ0v) is 16.8. The molecule has 2 aromatic carbocycles. The maximum absolute atomic E-state index is 13.5. The summed E-state index contributed by atoms with van der Waals surface area (Å²) < 4.78 is 31.9. The Bertz CT molecular complexity index is 860. The van der Waals surface area contributed by atoms with E-state index in [1.807, 2.05) is 58.0 Å². The summed E-state index contributed by atoms with van der Waals surface area (Å²) in [5, 5.41) is 0. The third kappa shape index (κ3) is 3.17. The number of amides is 1. The van der Waals surface area contributed by atoms with Gasteiger partial charge in [0.25, 0.3) is 0 Å². The van der Waals surface area contributed by atoms with E-state index in [0.717, 1.165) is 0 Å². The number of hydrogen-bond donors (Lipinski definition) is 0. The van der Waals surface area contributed by atoms with Crippen molar-refractivity contribution in [2.24, 2.45) is 0 Å². The van der Waals surface area contributed by atoms with Crippen LogP contribution >= 0.6 is 0 Å². The van der Waals surface area contributed by atoms with Crippen LogP contribution < -0.4 is 23.8 Å². The molecule has 8 heteroatoms. The molecule has 0 saturated carbocycles. The molecule has 2 aromatic rings. The molecule has 4 rings (SSSR count). The summed E-state index contributed by atoms with van der Waals surface area (Å²) in [6.45, 7) is 5.17. The summed E-state index contributed by atoms with van der Waals surface area (Å²) in [4.78, 5) is 14.4. The van der Waals surface area contributed by atoms with Gasteiger partial charge in [-0.1, -0.05) is 35.9 Å². The average Bonchev–Trinajstić information content (AvgIpc) is 2.96. The number of halogens is 1. The zero-order valence-electron chi connectivity index (χ0n) is 16.8. The van der Waals surface area contributed by atoms with Gasteiger partial charge in [0.05, 0.1) is 0 Å². The number of carbonyl (C=O) groups excluding carboxylic acids is 1. The largest absolute Gasteiger partial charge is 1.00 e. The summed E-state index contributed by atoms with van der Waals surface area (Å²) in [6.07, 6.45) is -0.552. The van der Waals surface area contributed by atoms with Gasteiger partial charge in [0.15, 0.2) is 0 Å². The van der Waals surface area contributed by atoms with Crippen molar-refractivity contribution in [2.45, 2.75) is 44.8 Å². The van der Waals surface area contributed by atoms with Crippen molar-refractivity contribution >= 4 is 18.5 Å². The topological polar surface area (TPSA) is 48.0 Å². The second kappa shape index (κ2) is 6.93. The first-order chi connectivity index (χ1) is 12.7. The van der Waals surface area contributed by atoms with Crippen LogP contribution in [0.4, 0.5) is 14.9 Å². The molecule has 0 bridgehead atoms. The van der Waals surface area contributed by atoms with Crippen molar-refractivity contribution < 1.29 is 42.0 Å². The fourth-order valence-corrected chi connectivity index (χ4v) is 3.76. The third-order valence-corrected chi connectivity index (χ3v) is 5.74. The van der Waals surface area contributed by atoms with Crippen LogP contribution in [0.1, 0.15) is 39.2 Å². The minimum Gasteiger partial charge on any atom is -0.625 e. The van der Waals surface area contributed by atoms with E-state index >= 15 is 0 Å². The van der Waals surface area contributed by atoms with Crippen molar-refractivity contribution in [1.29, 1.82) is 0 Å². The standard InChI is InChI=1S/C20H22BFNO4.Li/c1-19(2)20(3,4)27-21(26-19)17(14-10-12-15(22)13-11-14)23(18(24)25-21)16-8-6-5-7-9-16;/h5-13,17H,1-4H3;/q-1;+1. The minimum atomic E-state index is -2.46. The Hall–Kier alpha value is -1.78. The molecule has 0 aliphatic carbocycles. The number of carbonyl (C=O) groups is 1. The third-order valence-electron chi connectivity index (χ3n) is 5.74. The number of rotatable bonds is 2. The van der Waals surface area contributed by atoms with E-state index in [1.54, 1.807) is 12.1 Å². The first-order valence-corrected chi connectivity index (χ1v) is 9.02. The summed E-state index contributed by atoms with van der Waals surface area (Å²) in [7, 11) is 0. The van der Waals surface area contributed by atoms with E-state index < -0.39 is 30.0 Å². The number of nitrogens with zero attached hydrogens (tertiary/aromatic N) is 1. The maximum Gasteiger partial charge on any atom is 1.00 e. The number of para-hydroxylation sites is 1. The van der Waals surface area contributed by atoms with Crippen molar-refractivity contribution in [1.82, 2.24) is 0 Å². The Kier molecular flexibility index (Phi) is 5.18. The molecule has 5 nitrogen and oxygen atoms in total. The van der Waals surface area contributed by atoms with Gasteiger partial charge in [0, 0.05) is 22.8 Å². The Morgan fingerprint density at radius 1 is 0.929 bits per heavy atom. The predicted molar refractivity (Wildman–Crippen MR) is 101 cm³/mol. The molecule has 1 unspecified atom stereocenters. The molecule has 1 spiro atoms. The minimum absolute atomic E-state index is 0. The first kappa shape index (κ1) is 20.9. The quantitative estimate of drug-likeness (QED) is 0.747. The van der Waals surface area contributed by atoms with Crippen LogP contribution in [-0.4, -0.2) is 24.0 Å². The Morgan fingerprint density at radius 2 is 1.46 bits per heavy atom. The molecule has 1 atom stereocenters. The normalized spacial score (nSPS) is 24.1. The van der Waals surface area contributed by atoms with Gasteiger partial charge < -0.3 is 18.9 Å². The van der Waals surface area contributed by atoms with E-state index in [9.17, 15) is 9.18 Å². The van der Waals surface area contributed by atoms with Crippen LogP contribution in [0.2, 0.25) is 0 Å². The van der Waals surface area contributed by atoms with Crippen LogP contribution in [0.3, 0.4) is 0 Å². The molecule has 28 heavy (non-hydrogen) atoms. The van der Waals surface area contributed by atoms with E-state index in [4.69, 9.17) is 14.0 Å². The smallest absolute Gasteiger partial charge is 0.625 e. The van der Waals surface area contributed by atoms with Gasteiger partial charge in [-0.05, 0) is 52.0 Å². The molecule has 0 aromatic heterocycles. The van der Waals surface area contributed by atoms with E-state index in [-0.39, 0.29) is 24.7 Å². The molecule has 142 valence electrons. The predicted octanol–water partition coefficient (Wildman–Crippen LogP) is 1.61. The van der Waals surface area contributed by atoms with E-state index in [2.05, 4.69) is 0 Å². The maximum atomic E-state index is 13.5. The van der Waals surface area contributed by atoms with Gasteiger partial charge in [-0.2, -0.15) is 0 Å². The summed E-state index contributed by atoms with van der Waals surface area (Å²) in [5.74, 6) is -1.02. The average molecular weight is 377 g/mol. The Morgan fingerprint density at radius 3 is 2.00 bits per heavy atom. The molecule has 2 aliphatic heterocycles. The molecule has 2 aliphatic rings. The summed E-state index contributed by atoms with van der Waals surface area (Å²) in [5.41, 5.74) is -0.0267. The molecule has 0 N–H and O–H groups in total. The molecule has 2 saturated heterocycles. The fourth-order valence-electron chi connectivity index (χ4n) is 3.76. The molecule has 1 amide bonds. The Labute approximate surface area is 176 Å². The monoisotopic (exact) mass is 377 g/mol.